The van der Waals surface area contributed by atoms with Crippen molar-refractivity contribution in [1.29, 1.82) is 0 Å². The zero-order valence-corrected chi connectivity index (χ0v) is 16.9. The molecule has 2 aromatic rings. The van der Waals surface area contributed by atoms with Gasteiger partial charge in [-0.25, -0.2) is 9.78 Å². The fourth-order valence-corrected chi connectivity index (χ4v) is 3.35. The van der Waals surface area contributed by atoms with Crippen LogP contribution in [0, 0.1) is 6.92 Å². The van der Waals surface area contributed by atoms with Crippen LogP contribution < -0.4 is 10.1 Å². The summed E-state index contributed by atoms with van der Waals surface area (Å²) < 4.78 is 16.7. The van der Waals surface area contributed by atoms with Gasteiger partial charge in [0, 0.05) is 11.9 Å². The Bertz CT molecular complexity index is 905. The normalized spacial score (nSPS) is 15.7. The Morgan fingerprint density at radius 2 is 1.96 bits per heavy atom. The van der Waals surface area contributed by atoms with Crippen molar-refractivity contribution in [2.45, 2.75) is 46.6 Å². The number of carbonyl (C=O) groups is 1. The minimum atomic E-state index is -0.726. The number of nitrogens with zero attached hydrogens (tertiary/aromatic N) is 1. The molecule has 0 spiro atoms. The summed E-state index contributed by atoms with van der Waals surface area (Å²) in [6, 6.07) is 9.92. The van der Waals surface area contributed by atoms with Crippen molar-refractivity contribution >= 4 is 11.8 Å². The van der Waals surface area contributed by atoms with E-state index in [2.05, 4.69) is 10.3 Å². The lowest BCUT2D eigenvalue weighted by Gasteiger charge is -2.32. The second-order valence-corrected chi connectivity index (χ2v) is 6.93. The number of fused-ring (bicyclic) bond motifs is 1. The molecule has 6 heteroatoms. The van der Waals surface area contributed by atoms with Crippen molar-refractivity contribution in [2.75, 3.05) is 11.9 Å². The zero-order chi connectivity index (χ0) is 20.3. The SMILES string of the molecule is CCOC(=O)OC1=C(C)Nc2ccnc(OC(C)C)c2C1c1ccccc1C. The van der Waals surface area contributed by atoms with Crippen LogP contribution in [0.25, 0.3) is 0 Å². The number of benzene rings is 1. The van der Waals surface area contributed by atoms with Gasteiger partial charge in [0.15, 0.2) is 0 Å². The molecular formula is C22H26N2O4. The molecule has 1 unspecified atom stereocenters. The molecule has 1 aromatic carbocycles. The van der Waals surface area contributed by atoms with Crippen LogP contribution in [0.1, 0.15) is 50.3 Å². The average Bonchev–Trinajstić information content (AvgIpc) is 2.63. The molecule has 1 aliphatic rings. The standard InChI is InChI=1S/C22H26N2O4/c1-6-26-22(25)28-20-15(5)24-17-11-12-23-21(27-13(2)3)19(17)18(20)16-10-8-7-9-14(16)4/h7-13,18,24H,6H2,1-5H3. The van der Waals surface area contributed by atoms with Crippen LogP contribution in [0.15, 0.2) is 48.0 Å². The first-order chi connectivity index (χ1) is 13.4. The molecule has 1 aromatic heterocycles. The number of anilines is 1. The molecular weight excluding hydrogens is 356 g/mol. The first kappa shape index (κ1) is 19.7. The quantitative estimate of drug-likeness (QED) is 0.722. The van der Waals surface area contributed by atoms with Crippen LogP contribution in [0.2, 0.25) is 0 Å². The van der Waals surface area contributed by atoms with Gasteiger partial charge in [-0.15, -0.1) is 0 Å². The molecule has 0 bridgehead atoms. The third kappa shape index (κ3) is 3.96. The number of hydrogen-bond donors (Lipinski definition) is 1. The highest BCUT2D eigenvalue weighted by Gasteiger charge is 2.35. The second kappa shape index (κ2) is 8.33. The van der Waals surface area contributed by atoms with E-state index in [-0.39, 0.29) is 18.6 Å². The number of pyridine rings is 1. The Labute approximate surface area is 165 Å². The van der Waals surface area contributed by atoms with E-state index in [1.807, 2.05) is 58.0 Å². The number of rotatable bonds is 5. The molecule has 0 amide bonds. The molecule has 0 saturated heterocycles. The van der Waals surface area contributed by atoms with E-state index in [1.165, 1.54) is 0 Å². The number of carbonyl (C=O) groups excluding carboxylic acids is 1. The van der Waals surface area contributed by atoms with Crippen LogP contribution in [-0.4, -0.2) is 23.9 Å². The summed E-state index contributed by atoms with van der Waals surface area (Å²) in [5, 5.41) is 3.32. The largest absolute Gasteiger partial charge is 0.513 e. The first-order valence-electron chi connectivity index (χ1n) is 9.45. The van der Waals surface area contributed by atoms with Crippen molar-refractivity contribution in [1.82, 2.24) is 4.98 Å². The molecule has 1 aliphatic heterocycles. The molecule has 28 heavy (non-hydrogen) atoms. The van der Waals surface area contributed by atoms with Gasteiger partial charge in [0.1, 0.15) is 5.76 Å². The predicted octanol–water partition coefficient (Wildman–Crippen LogP) is 5.14. The number of ether oxygens (including phenoxy) is 3. The van der Waals surface area contributed by atoms with Crippen molar-refractivity contribution < 1.29 is 19.0 Å². The summed E-state index contributed by atoms with van der Waals surface area (Å²) >= 11 is 0. The number of nitrogens with one attached hydrogen (secondary N) is 1. The number of hydrogen-bond acceptors (Lipinski definition) is 6. The highest BCUT2D eigenvalue weighted by Crippen LogP contribution is 2.46. The average molecular weight is 382 g/mol. The van der Waals surface area contributed by atoms with Crippen LogP contribution in [0.4, 0.5) is 10.5 Å². The topological polar surface area (TPSA) is 69.7 Å². The number of aromatic nitrogens is 1. The molecule has 2 heterocycles. The van der Waals surface area contributed by atoms with E-state index >= 15 is 0 Å². The summed E-state index contributed by atoms with van der Waals surface area (Å²) in [6.07, 6.45) is 0.942. The lowest BCUT2D eigenvalue weighted by Crippen LogP contribution is -2.24. The van der Waals surface area contributed by atoms with Crippen LogP contribution >= 0.6 is 0 Å². The Balaban J connectivity index is 2.19. The lowest BCUT2D eigenvalue weighted by molar-refractivity contribution is 0.0775. The van der Waals surface area contributed by atoms with Crippen molar-refractivity contribution in [3.05, 3.63) is 64.7 Å². The van der Waals surface area contributed by atoms with Gasteiger partial charge in [0.25, 0.3) is 0 Å². The minimum Gasteiger partial charge on any atom is -0.475 e. The van der Waals surface area contributed by atoms with Gasteiger partial charge < -0.3 is 19.5 Å². The Morgan fingerprint density at radius 3 is 2.64 bits per heavy atom. The third-order valence-electron chi connectivity index (χ3n) is 4.50. The second-order valence-electron chi connectivity index (χ2n) is 6.93. The van der Waals surface area contributed by atoms with Crippen molar-refractivity contribution in [2.24, 2.45) is 0 Å². The van der Waals surface area contributed by atoms with Crippen molar-refractivity contribution in [3.63, 3.8) is 0 Å². The molecule has 1 N–H and O–H groups in total. The number of aryl methyl sites for hydroxylation is 1. The minimum absolute atomic E-state index is 0.0436. The summed E-state index contributed by atoms with van der Waals surface area (Å²) in [5.41, 5.74) is 4.57. The smallest absolute Gasteiger partial charge is 0.475 e. The Kier molecular flexibility index (Phi) is 5.87. The molecule has 0 fully saturated rings. The maximum atomic E-state index is 12.1. The highest BCUT2D eigenvalue weighted by molar-refractivity contribution is 5.70. The molecule has 0 aliphatic carbocycles. The van der Waals surface area contributed by atoms with Crippen LogP contribution in [0.5, 0.6) is 5.88 Å². The van der Waals surface area contributed by atoms with Crippen molar-refractivity contribution in [3.8, 4) is 5.88 Å². The Hall–Kier alpha value is -3.02. The van der Waals surface area contributed by atoms with Gasteiger partial charge in [0.2, 0.25) is 5.88 Å². The zero-order valence-electron chi connectivity index (χ0n) is 16.9. The van der Waals surface area contributed by atoms with Gasteiger partial charge in [0.05, 0.1) is 29.9 Å². The van der Waals surface area contributed by atoms with Gasteiger partial charge >= 0.3 is 6.16 Å². The van der Waals surface area contributed by atoms with E-state index in [0.717, 1.165) is 28.1 Å². The van der Waals surface area contributed by atoms with Gasteiger partial charge in [-0.3, -0.25) is 0 Å². The maximum Gasteiger partial charge on any atom is 0.513 e. The monoisotopic (exact) mass is 382 g/mol. The molecule has 148 valence electrons. The number of allylic oxidation sites excluding steroid dienone is 2. The molecule has 0 radical (unpaired) electrons. The summed E-state index contributed by atoms with van der Waals surface area (Å²) in [5.74, 6) is 0.664. The lowest BCUT2D eigenvalue weighted by atomic mass is 9.84. The van der Waals surface area contributed by atoms with E-state index in [1.54, 1.807) is 13.1 Å². The molecule has 6 nitrogen and oxygen atoms in total. The van der Waals surface area contributed by atoms with Crippen LogP contribution in [0.3, 0.4) is 0 Å². The molecule has 3 rings (SSSR count). The van der Waals surface area contributed by atoms with Crippen LogP contribution in [-0.2, 0) is 9.47 Å². The van der Waals surface area contributed by atoms with Gasteiger partial charge in [-0.1, -0.05) is 24.3 Å². The fraction of sp³-hybridized carbons (Fsp3) is 0.364. The summed E-state index contributed by atoms with van der Waals surface area (Å²) in [6.45, 7) is 9.82. The van der Waals surface area contributed by atoms with E-state index < -0.39 is 6.16 Å². The highest BCUT2D eigenvalue weighted by atomic mass is 16.7. The van der Waals surface area contributed by atoms with Gasteiger partial charge in [-0.05, 0) is 51.8 Å². The van der Waals surface area contributed by atoms with E-state index in [0.29, 0.717) is 11.6 Å². The maximum absolute atomic E-state index is 12.1. The third-order valence-corrected chi connectivity index (χ3v) is 4.50. The van der Waals surface area contributed by atoms with Gasteiger partial charge in [-0.2, -0.15) is 0 Å². The van der Waals surface area contributed by atoms with E-state index in [4.69, 9.17) is 14.2 Å². The summed E-state index contributed by atoms with van der Waals surface area (Å²) in [7, 11) is 0. The summed E-state index contributed by atoms with van der Waals surface area (Å²) in [4.78, 5) is 16.6. The Morgan fingerprint density at radius 1 is 1.21 bits per heavy atom. The fourth-order valence-electron chi connectivity index (χ4n) is 3.35. The molecule has 1 atom stereocenters. The molecule has 0 saturated carbocycles. The first-order valence-corrected chi connectivity index (χ1v) is 9.45. The predicted molar refractivity (Wildman–Crippen MR) is 107 cm³/mol. The van der Waals surface area contributed by atoms with E-state index in [9.17, 15) is 4.79 Å².